The molecule has 0 radical (unpaired) electrons. The molecule has 3 aromatic heterocycles. The third-order valence-corrected chi connectivity index (χ3v) is 7.02. The van der Waals surface area contributed by atoms with E-state index in [1.54, 1.807) is 11.3 Å². The second-order valence-electron chi connectivity index (χ2n) is 8.16. The first kappa shape index (κ1) is 17.8. The van der Waals surface area contributed by atoms with Gasteiger partial charge in [0.05, 0.1) is 16.6 Å². The van der Waals surface area contributed by atoms with Crippen molar-refractivity contribution in [3.05, 3.63) is 45.4 Å². The Morgan fingerprint density at radius 1 is 1.39 bits per heavy atom. The van der Waals surface area contributed by atoms with Crippen LogP contribution in [0.15, 0.2) is 27.4 Å². The normalized spacial score (nSPS) is 20.6. The Morgan fingerprint density at radius 2 is 2.21 bits per heavy atom. The number of carbonyl (C=O) groups excluding carboxylic acids is 1. The molecular formula is C21H24N4O2S. The molecule has 0 aromatic carbocycles. The van der Waals surface area contributed by atoms with Gasteiger partial charge in [0, 0.05) is 18.3 Å². The number of thiophene rings is 1. The van der Waals surface area contributed by atoms with E-state index in [0.29, 0.717) is 29.6 Å². The highest BCUT2D eigenvalue weighted by Crippen LogP contribution is 2.56. The molecule has 1 spiro atoms. The Hall–Kier alpha value is -2.25. The summed E-state index contributed by atoms with van der Waals surface area (Å²) in [5, 5.41) is 12.4. The number of carbonyl (C=O) groups is 1. The monoisotopic (exact) mass is 396 g/mol. The van der Waals surface area contributed by atoms with Gasteiger partial charge in [-0.15, -0.1) is 0 Å². The largest absolute Gasteiger partial charge is 0.336 e. The van der Waals surface area contributed by atoms with E-state index in [-0.39, 0.29) is 11.3 Å². The van der Waals surface area contributed by atoms with Crippen molar-refractivity contribution in [2.75, 3.05) is 13.1 Å². The van der Waals surface area contributed by atoms with Crippen LogP contribution in [0.25, 0.3) is 11.1 Å². The second kappa shape index (κ2) is 6.67. The van der Waals surface area contributed by atoms with Crippen LogP contribution < -0.4 is 5.32 Å². The number of piperidine rings is 1. The molecule has 1 amide bonds. The van der Waals surface area contributed by atoms with Crippen molar-refractivity contribution in [2.45, 2.75) is 45.7 Å². The van der Waals surface area contributed by atoms with Crippen molar-refractivity contribution < 1.29 is 9.32 Å². The molecule has 6 nitrogen and oxygen atoms in total. The third-order valence-electron chi connectivity index (χ3n) is 6.29. The predicted molar refractivity (Wildman–Crippen MR) is 108 cm³/mol. The number of hydrogen-bond donors (Lipinski definition) is 1. The number of nitrogens with one attached hydrogen (secondary N) is 1. The van der Waals surface area contributed by atoms with Crippen LogP contribution in [0.2, 0.25) is 0 Å². The van der Waals surface area contributed by atoms with Gasteiger partial charge >= 0.3 is 0 Å². The Balaban J connectivity index is 1.54. The number of aryl methyl sites for hydroxylation is 2. The molecule has 3 aromatic rings. The number of pyridine rings is 1. The fraction of sp³-hybridized carbons (Fsp3) is 0.476. The summed E-state index contributed by atoms with van der Waals surface area (Å²) in [6, 6.07) is 4.29. The van der Waals surface area contributed by atoms with Gasteiger partial charge in [0.15, 0.2) is 0 Å². The summed E-state index contributed by atoms with van der Waals surface area (Å²) in [7, 11) is 0. The number of aromatic nitrogens is 2. The molecule has 1 aliphatic carbocycles. The maximum absolute atomic E-state index is 13.8. The quantitative estimate of drug-likeness (QED) is 0.728. The average molecular weight is 397 g/mol. The van der Waals surface area contributed by atoms with Crippen molar-refractivity contribution in [3.8, 4) is 0 Å². The maximum Gasteiger partial charge on any atom is 0.258 e. The van der Waals surface area contributed by atoms with Crippen LogP contribution in [0.3, 0.4) is 0 Å². The van der Waals surface area contributed by atoms with Gasteiger partial charge < -0.3 is 14.7 Å². The lowest BCUT2D eigenvalue weighted by molar-refractivity contribution is 0.0694. The molecule has 4 heterocycles. The molecule has 1 unspecified atom stereocenters. The van der Waals surface area contributed by atoms with E-state index in [1.165, 1.54) is 5.56 Å². The average Bonchev–Trinajstić information content (AvgIpc) is 3.02. The van der Waals surface area contributed by atoms with Crippen LogP contribution in [0, 0.1) is 19.3 Å². The summed E-state index contributed by atoms with van der Waals surface area (Å²) in [5.41, 5.74) is 4.07. The van der Waals surface area contributed by atoms with E-state index in [2.05, 4.69) is 37.2 Å². The molecule has 7 heteroatoms. The van der Waals surface area contributed by atoms with Crippen LogP contribution >= 0.6 is 11.3 Å². The first-order chi connectivity index (χ1) is 13.6. The highest BCUT2D eigenvalue weighted by Gasteiger charge is 2.57. The van der Waals surface area contributed by atoms with E-state index < -0.39 is 0 Å². The topological polar surface area (TPSA) is 71.3 Å². The van der Waals surface area contributed by atoms with Crippen LogP contribution in [-0.2, 0) is 6.54 Å². The number of rotatable bonds is 4. The molecule has 1 atom stereocenters. The van der Waals surface area contributed by atoms with Gasteiger partial charge in [0.1, 0.15) is 0 Å². The van der Waals surface area contributed by atoms with Gasteiger partial charge in [-0.2, -0.15) is 11.3 Å². The molecule has 1 saturated heterocycles. The van der Waals surface area contributed by atoms with E-state index in [4.69, 9.17) is 4.52 Å². The lowest BCUT2D eigenvalue weighted by Gasteiger charge is -2.30. The first-order valence-corrected chi connectivity index (χ1v) is 10.8. The van der Waals surface area contributed by atoms with Gasteiger partial charge in [-0.25, -0.2) is 4.98 Å². The molecule has 28 heavy (non-hydrogen) atoms. The standard InChI is InChI=1S/C21H24N4O2S/c1-13-9-16(18-14(2)24-27-19(18)23-13)20(26)25(11-15-3-8-28-12-15)17-10-21(17)4-6-22-7-5-21/h3,8-9,12,17,22H,4-7,10-11H2,1-2H3. The highest BCUT2D eigenvalue weighted by molar-refractivity contribution is 7.07. The van der Waals surface area contributed by atoms with Crippen molar-refractivity contribution in [1.82, 2.24) is 20.4 Å². The first-order valence-electron chi connectivity index (χ1n) is 9.84. The molecule has 0 bridgehead atoms. The number of hydrogen-bond acceptors (Lipinski definition) is 6. The molecular weight excluding hydrogens is 372 g/mol. The van der Waals surface area contributed by atoms with Crippen molar-refractivity contribution in [1.29, 1.82) is 0 Å². The molecule has 146 valence electrons. The SMILES string of the molecule is Cc1cc(C(=O)N(Cc2ccsc2)C2CC23CCNCC3)c2c(C)noc2n1. The fourth-order valence-corrected chi connectivity index (χ4v) is 5.33. The zero-order chi connectivity index (χ0) is 19.3. The van der Waals surface area contributed by atoms with Crippen LogP contribution in [0.4, 0.5) is 0 Å². The third kappa shape index (κ3) is 2.93. The smallest absolute Gasteiger partial charge is 0.258 e. The minimum Gasteiger partial charge on any atom is -0.336 e. The van der Waals surface area contributed by atoms with Gasteiger partial charge in [-0.3, -0.25) is 4.79 Å². The molecule has 1 aliphatic heterocycles. The summed E-state index contributed by atoms with van der Waals surface area (Å²) in [6.45, 7) is 6.49. The van der Waals surface area contributed by atoms with E-state index >= 15 is 0 Å². The second-order valence-corrected chi connectivity index (χ2v) is 8.94. The van der Waals surface area contributed by atoms with Crippen molar-refractivity contribution >= 4 is 28.3 Å². The Labute approximate surface area is 167 Å². The molecule has 2 fully saturated rings. The van der Waals surface area contributed by atoms with Crippen LogP contribution in [0.5, 0.6) is 0 Å². The molecule has 1 N–H and O–H groups in total. The lowest BCUT2D eigenvalue weighted by Crippen LogP contribution is -2.39. The van der Waals surface area contributed by atoms with E-state index in [0.717, 1.165) is 43.4 Å². The minimum atomic E-state index is 0.0633. The summed E-state index contributed by atoms with van der Waals surface area (Å²) < 4.78 is 5.35. The summed E-state index contributed by atoms with van der Waals surface area (Å²) in [4.78, 5) is 20.3. The van der Waals surface area contributed by atoms with Gasteiger partial charge in [0.2, 0.25) is 0 Å². The van der Waals surface area contributed by atoms with Crippen molar-refractivity contribution in [3.63, 3.8) is 0 Å². The van der Waals surface area contributed by atoms with E-state index in [9.17, 15) is 4.79 Å². The number of amides is 1. The molecule has 2 aliphatic rings. The molecule has 5 rings (SSSR count). The highest BCUT2D eigenvalue weighted by atomic mass is 32.1. The van der Waals surface area contributed by atoms with Gasteiger partial charge in [-0.05, 0) is 80.1 Å². The zero-order valence-corrected chi connectivity index (χ0v) is 17.0. The lowest BCUT2D eigenvalue weighted by atomic mass is 9.93. The fourth-order valence-electron chi connectivity index (χ4n) is 4.67. The minimum absolute atomic E-state index is 0.0633. The number of nitrogens with zero attached hydrogens (tertiary/aromatic N) is 3. The van der Waals surface area contributed by atoms with E-state index in [1.807, 2.05) is 19.9 Å². The Bertz CT molecular complexity index is 1020. The summed E-state index contributed by atoms with van der Waals surface area (Å²) in [6.07, 6.45) is 3.38. The van der Waals surface area contributed by atoms with Gasteiger partial charge in [-0.1, -0.05) is 5.16 Å². The Kier molecular flexibility index (Phi) is 4.25. The Morgan fingerprint density at radius 3 is 2.96 bits per heavy atom. The summed E-state index contributed by atoms with van der Waals surface area (Å²) in [5.74, 6) is 0.0633. The van der Waals surface area contributed by atoms with Gasteiger partial charge in [0.25, 0.3) is 11.6 Å². The predicted octanol–water partition coefficient (Wildman–Crippen LogP) is 3.69. The maximum atomic E-state index is 13.8. The molecule has 1 saturated carbocycles. The van der Waals surface area contributed by atoms with Crippen LogP contribution in [-0.4, -0.2) is 40.1 Å². The number of fused-ring (bicyclic) bond motifs is 1. The van der Waals surface area contributed by atoms with Crippen LogP contribution in [0.1, 0.15) is 46.6 Å². The summed E-state index contributed by atoms with van der Waals surface area (Å²) >= 11 is 1.67. The van der Waals surface area contributed by atoms with Crippen molar-refractivity contribution in [2.24, 2.45) is 5.41 Å². The zero-order valence-electron chi connectivity index (χ0n) is 16.2.